The highest BCUT2D eigenvalue weighted by Crippen LogP contribution is 2.41. The maximum Gasteiger partial charge on any atom is 0.331 e. The van der Waals surface area contributed by atoms with Gasteiger partial charge < -0.3 is 29.9 Å². The minimum absolute atomic E-state index is 0.0470. The van der Waals surface area contributed by atoms with Gasteiger partial charge in [0.1, 0.15) is 0 Å². The Morgan fingerprint density at radius 3 is 1.71 bits per heavy atom. The van der Waals surface area contributed by atoms with Crippen molar-refractivity contribution in [3.05, 3.63) is 60.2 Å². The van der Waals surface area contributed by atoms with Gasteiger partial charge in [0.15, 0.2) is 11.2 Å². The number of aromatic nitrogens is 2. The predicted molar refractivity (Wildman–Crippen MR) is 139 cm³/mol. The van der Waals surface area contributed by atoms with Crippen LogP contribution in [0.5, 0.6) is 0 Å². The first-order chi connectivity index (χ1) is 18.4. The molecule has 192 valence electrons. The molecule has 2 aromatic rings. The number of anilines is 2. The highest BCUT2D eigenvalue weighted by Gasteiger charge is 2.60. The SMILES string of the molecule is C#Cc1cncc(N2C[C@]3(OC(=O)/C=C/C(=O)O[C@@]45CNC[C@H]4N(c4cncc(C#C)c4)C5)CNC[C@@H]23)c1. The molecule has 6 rings (SSSR count). The second-order valence-corrected chi connectivity index (χ2v) is 10.0. The van der Waals surface area contributed by atoms with Crippen LogP contribution in [0, 0.1) is 24.7 Å². The largest absolute Gasteiger partial charge is 0.450 e. The number of esters is 2. The van der Waals surface area contributed by atoms with E-state index in [0.717, 1.165) is 23.5 Å². The van der Waals surface area contributed by atoms with Crippen LogP contribution in [0.3, 0.4) is 0 Å². The van der Waals surface area contributed by atoms with Crippen molar-refractivity contribution in [2.45, 2.75) is 23.3 Å². The molecule has 10 nitrogen and oxygen atoms in total. The Morgan fingerprint density at radius 1 is 0.842 bits per heavy atom. The van der Waals surface area contributed by atoms with Crippen LogP contribution in [-0.4, -0.2) is 84.5 Å². The minimum atomic E-state index is -0.675. The average Bonchev–Trinajstić information content (AvgIpc) is 3.40. The lowest BCUT2D eigenvalue weighted by Crippen LogP contribution is -2.71. The minimum Gasteiger partial charge on any atom is -0.450 e. The highest BCUT2D eigenvalue weighted by atomic mass is 16.6. The Bertz CT molecular complexity index is 1310. The van der Waals surface area contributed by atoms with Crippen LogP contribution in [0.1, 0.15) is 11.1 Å². The van der Waals surface area contributed by atoms with Crippen LogP contribution in [0.15, 0.2) is 49.1 Å². The lowest BCUT2D eigenvalue weighted by molar-refractivity contribution is -0.160. The van der Waals surface area contributed by atoms with Crippen molar-refractivity contribution in [2.75, 3.05) is 49.1 Å². The molecule has 0 unspecified atom stereocenters. The molecule has 0 saturated carbocycles. The Labute approximate surface area is 220 Å². The number of terminal acetylenes is 2. The Kier molecular flexibility index (Phi) is 5.79. The van der Waals surface area contributed by atoms with Crippen LogP contribution in [0.25, 0.3) is 0 Å². The maximum absolute atomic E-state index is 12.7. The van der Waals surface area contributed by atoms with E-state index >= 15 is 0 Å². The molecule has 10 heteroatoms. The summed E-state index contributed by atoms with van der Waals surface area (Å²) in [5, 5.41) is 6.58. The molecule has 4 aliphatic heterocycles. The third-order valence-electron chi connectivity index (χ3n) is 7.77. The van der Waals surface area contributed by atoms with E-state index in [9.17, 15) is 9.59 Å². The quantitative estimate of drug-likeness (QED) is 0.309. The lowest BCUT2D eigenvalue weighted by atomic mass is 9.85. The van der Waals surface area contributed by atoms with E-state index in [1.165, 1.54) is 0 Å². The molecule has 0 aliphatic carbocycles. The number of carbonyl (C=O) groups is 2. The summed E-state index contributed by atoms with van der Waals surface area (Å²) in [4.78, 5) is 38.0. The molecule has 0 radical (unpaired) electrons. The van der Waals surface area contributed by atoms with E-state index in [4.69, 9.17) is 22.3 Å². The van der Waals surface area contributed by atoms with Gasteiger partial charge in [-0.05, 0) is 12.1 Å². The number of carbonyl (C=O) groups excluding carboxylic acids is 2. The third kappa shape index (κ3) is 3.95. The second-order valence-electron chi connectivity index (χ2n) is 10.0. The number of ether oxygens (including phenoxy) is 2. The molecule has 4 atom stereocenters. The van der Waals surface area contributed by atoms with E-state index in [2.05, 4.69) is 42.2 Å². The molecule has 4 fully saturated rings. The number of hydrogen-bond donors (Lipinski definition) is 2. The number of nitrogens with one attached hydrogen (secondary N) is 2. The fourth-order valence-corrected chi connectivity index (χ4v) is 5.88. The van der Waals surface area contributed by atoms with Gasteiger partial charge in [0, 0.05) is 61.9 Å². The van der Waals surface area contributed by atoms with E-state index < -0.39 is 23.1 Å². The monoisotopic (exact) mass is 510 g/mol. The fraction of sp³-hybridized carbons (Fsp3) is 0.357. The maximum atomic E-state index is 12.7. The molecule has 2 N–H and O–H groups in total. The molecule has 0 spiro atoms. The van der Waals surface area contributed by atoms with Gasteiger partial charge in [-0.25, -0.2) is 9.59 Å². The summed E-state index contributed by atoms with van der Waals surface area (Å²) in [6.07, 6.45) is 20.0. The van der Waals surface area contributed by atoms with Crippen molar-refractivity contribution in [3.63, 3.8) is 0 Å². The van der Waals surface area contributed by atoms with E-state index in [0.29, 0.717) is 50.4 Å². The van der Waals surface area contributed by atoms with Crippen LogP contribution >= 0.6 is 0 Å². The Hall–Kier alpha value is -4.38. The first-order valence-electron chi connectivity index (χ1n) is 12.4. The summed E-state index contributed by atoms with van der Waals surface area (Å²) in [7, 11) is 0. The van der Waals surface area contributed by atoms with Crippen LogP contribution in [0.2, 0.25) is 0 Å². The van der Waals surface area contributed by atoms with E-state index in [1.54, 1.807) is 24.8 Å². The third-order valence-corrected chi connectivity index (χ3v) is 7.77. The summed E-state index contributed by atoms with van der Waals surface area (Å²) in [5.41, 5.74) is 1.80. The molecule has 0 bridgehead atoms. The number of pyridine rings is 2. The van der Waals surface area contributed by atoms with E-state index in [1.807, 2.05) is 12.1 Å². The summed E-state index contributed by atoms with van der Waals surface area (Å²) >= 11 is 0. The average molecular weight is 511 g/mol. The molecule has 2 aromatic heterocycles. The van der Waals surface area contributed by atoms with Crippen molar-refractivity contribution in [1.29, 1.82) is 0 Å². The summed E-state index contributed by atoms with van der Waals surface area (Å²) in [6.45, 7) is 3.39. The van der Waals surface area contributed by atoms with Crippen LogP contribution in [-0.2, 0) is 19.1 Å². The smallest absolute Gasteiger partial charge is 0.331 e. The van der Waals surface area contributed by atoms with Gasteiger partial charge in [-0.1, -0.05) is 11.8 Å². The summed E-state index contributed by atoms with van der Waals surface area (Å²) in [5.74, 6) is 4.01. The molecule has 0 aromatic carbocycles. The van der Waals surface area contributed by atoms with Gasteiger partial charge in [0.05, 0.1) is 48.9 Å². The van der Waals surface area contributed by atoms with Crippen molar-refractivity contribution in [1.82, 2.24) is 20.6 Å². The molecule has 6 heterocycles. The van der Waals surface area contributed by atoms with Crippen molar-refractivity contribution in [2.24, 2.45) is 0 Å². The molecule has 38 heavy (non-hydrogen) atoms. The standard InChI is InChI=1S/C28H26N6O4/c1-3-19-7-21(11-29-9-19)33-17-27(15-31-13-23(27)33)37-25(35)5-6-26(36)38-28-16-32-14-24(28)34(18-28)22-8-20(4-2)10-30-12-22/h1-2,5-12,23-24,31-32H,13-18H2/b6-5+/t23-,24-,27-,28-/m1/s1. The second kappa shape index (κ2) is 9.18. The number of rotatable bonds is 6. The number of fused-ring (bicyclic) bond motifs is 2. The van der Waals surface area contributed by atoms with Crippen molar-refractivity contribution < 1.29 is 19.1 Å². The molecular formula is C28H26N6O4. The topological polar surface area (TPSA) is 109 Å². The zero-order chi connectivity index (χ0) is 26.3. The Morgan fingerprint density at radius 2 is 1.29 bits per heavy atom. The summed E-state index contributed by atoms with van der Waals surface area (Å²) < 4.78 is 11.7. The first kappa shape index (κ1) is 24.0. The highest BCUT2D eigenvalue weighted by molar-refractivity contribution is 5.92. The summed E-state index contributed by atoms with van der Waals surface area (Å²) in [6, 6.07) is 3.69. The van der Waals surface area contributed by atoms with Gasteiger partial charge in [-0.2, -0.15) is 0 Å². The number of nitrogens with zero attached hydrogens (tertiary/aromatic N) is 4. The van der Waals surface area contributed by atoms with Gasteiger partial charge in [0.2, 0.25) is 0 Å². The van der Waals surface area contributed by atoms with Gasteiger partial charge in [-0.15, -0.1) is 12.8 Å². The van der Waals surface area contributed by atoms with Crippen molar-refractivity contribution in [3.8, 4) is 24.7 Å². The normalized spacial score (nSPS) is 28.9. The Balaban J connectivity index is 1.06. The lowest BCUT2D eigenvalue weighted by Gasteiger charge is -2.53. The van der Waals surface area contributed by atoms with Gasteiger partial charge in [-0.3, -0.25) is 9.97 Å². The van der Waals surface area contributed by atoms with Crippen molar-refractivity contribution >= 4 is 23.3 Å². The first-order valence-corrected chi connectivity index (χ1v) is 12.4. The number of hydrogen-bond acceptors (Lipinski definition) is 10. The predicted octanol–water partition coefficient (Wildman–Crippen LogP) is -0.157. The molecule has 4 aliphatic rings. The van der Waals surface area contributed by atoms with Crippen LogP contribution < -0.4 is 20.4 Å². The van der Waals surface area contributed by atoms with Gasteiger partial charge >= 0.3 is 11.9 Å². The van der Waals surface area contributed by atoms with Crippen LogP contribution in [0.4, 0.5) is 11.4 Å². The molecular weight excluding hydrogens is 484 g/mol. The molecule has 4 saturated heterocycles. The fourth-order valence-electron chi connectivity index (χ4n) is 5.88. The van der Waals surface area contributed by atoms with Gasteiger partial charge in [0.25, 0.3) is 0 Å². The molecule has 0 amide bonds. The zero-order valence-corrected chi connectivity index (χ0v) is 20.6. The zero-order valence-electron chi connectivity index (χ0n) is 20.6. The van der Waals surface area contributed by atoms with E-state index in [-0.39, 0.29) is 12.1 Å².